The van der Waals surface area contributed by atoms with E-state index in [-0.39, 0.29) is 26.2 Å². The van der Waals surface area contributed by atoms with Gasteiger partial charge in [0.05, 0.1) is 19.1 Å². The number of carbonyl (C=O) groups excluding carboxylic acids is 1. The quantitative estimate of drug-likeness (QED) is 0.467. The highest BCUT2D eigenvalue weighted by Crippen LogP contribution is 2.57. The Balaban J connectivity index is 5.51. The first-order valence-corrected chi connectivity index (χ1v) is 9.74. The molecule has 1 unspecified atom stereocenters. The van der Waals surface area contributed by atoms with Crippen LogP contribution in [0.5, 0.6) is 0 Å². The van der Waals surface area contributed by atoms with Crippen LogP contribution < -0.4 is 5.32 Å². The Morgan fingerprint density at radius 1 is 1.17 bits per heavy atom. The van der Waals surface area contributed by atoms with Gasteiger partial charge in [-0.25, -0.2) is 4.79 Å². The Labute approximate surface area is 144 Å². The minimum Gasteiger partial charge on any atom is -0.444 e. The van der Waals surface area contributed by atoms with Crippen LogP contribution in [0.25, 0.3) is 0 Å². The molecule has 1 amide bonds. The fourth-order valence-corrected chi connectivity index (χ4v) is 4.17. The molecule has 0 aliphatic rings. The predicted octanol–water partition coefficient (Wildman–Crippen LogP) is 3.42. The molecule has 9 heteroatoms. The average Bonchev–Trinajstić information content (AvgIpc) is 2.44. The third-order valence-electron chi connectivity index (χ3n) is 2.65. The van der Waals surface area contributed by atoms with Gasteiger partial charge in [-0.2, -0.15) is 5.26 Å². The number of rotatable bonds is 10. The first-order chi connectivity index (χ1) is 11.1. The second kappa shape index (κ2) is 10.7. The van der Waals surface area contributed by atoms with Crippen molar-refractivity contribution in [3.8, 4) is 6.07 Å². The van der Waals surface area contributed by atoms with Crippen molar-refractivity contribution in [1.82, 2.24) is 5.32 Å². The van der Waals surface area contributed by atoms with E-state index in [9.17, 15) is 9.36 Å². The van der Waals surface area contributed by atoms with E-state index < -0.39 is 30.9 Å². The summed E-state index contributed by atoms with van der Waals surface area (Å²) in [6.45, 7) is 10.8. The summed E-state index contributed by atoms with van der Waals surface area (Å²) in [5, 5.41) is 11.5. The molecule has 0 aromatic rings. The molecule has 1 N–H and O–H groups in total. The highest BCUT2D eigenvalue weighted by molar-refractivity contribution is 7.60. The molecule has 0 aliphatic heterocycles. The van der Waals surface area contributed by atoms with Gasteiger partial charge in [-0.1, -0.05) is 0 Å². The third-order valence-corrected chi connectivity index (χ3v) is 5.37. The number of hydrogen-bond acceptors (Lipinski definition) is 7. The maximum Gasteiger partial charge on any atom is 0.408 e. The lowest BCUT2D eigenvalue weighted by atomic mass is 10.2. The van der Waals surface area contributed by atoms with E-state index in [1.54, 1.807) is 41.5 Å². The van der Waals surface area contributed by atoms with Gasteiger partial charge < -0.3 is 24.1 Å². The van der Waals surface area contributed by atoms with E-state index in [4.69, 9.17) is 24.0 Å². The van der Waals surface area contributed by atoms with Gasteiger partial charge in [0, 0.05) is 13.2 Å². The van der Waals surface area contributed by atoms with Crippen LogP contribution in [0.1, 0.15) is 48.0 Å². The minimum absolute atomic E-state index is 0.117. The Morgan fingerprint density at radius 3 is 2.08 bits per heavy atom. The maximum atomic E-state index is 13.4. The van der Waals surface area contributed by atoms with E-state index >= 15 is 0 Å². The Morgan fingerprint density at radius 2 is 1.71 bits per heavy atom. The Hall–Kier alpha value is -1.13. The molecule has 0 saturated carbocycles. The van der Waals surface area contributed by atoms with E-state index in [2.05, 4.69) is 5.32 Å². The number of alkyl carbamates (subject to hydrolysis) is 1. The van der Waals surface area contributed by atoms with Crippen molar-refractivity contribution >= 4 is 13.5 Å². The maximum absolute atomic E-state index is 13.4. The summed E-state index contributed by atoms with van der Waals surface area (Å²) < 4.78 is 34.8. The van der Waals surface area contributed by atoms with Crippen molar-refractivity contribution in [3.63, 3.8) is 0 Å². The Bertz CT molecular complexity index is 466. The Kier molecular flexibility index (Phi) is 10.2. The van der Waals surface area contributed by atoms with Crippen LogP contribution in [0.2, 0.25) is 0 Å². The summed E-state index contributed by atoms with van der Waals surface area (Å²) in [6.07, 6.45) is -1.01. The van der Waals surface area contributed by atoms with Gasteiger partial charge in [-0.05, 0) is 41.5 Å². The largest absolute Gasteiger partial charge is 0.444 e. The van der Waals surface area contributed by atoms with Crippen LogP contribution in [0, 0.1) is 11.3 Å². The van der Waals surface area contributed by atoms with E-state index in [0.29, 0.717) is 0 Å². The van der Waals surface area contributed by atoms with Crippen molar-refractivity contribution in [1.29, 1.82) is 5.26 Å². The molecule has 0 aromatic heterocycles. The van der Waals surface area contributed by atoms with Gasteiger partial charge in [0.1, 0.15) is 11.4 Å². The molecule has 0 aromatic carbocycles. The summed E-state index contributed by atoms with van der Waals surface area (Å²) in [5.74, 6) is -1.10. The SMILES string of the molecule is CCOC(OCC)P(=O)(OCC)[C@@H](CC#N)NC(=O)OC(C)(C)C. The van der Waals surface area contributed by atoms with Gasteiger partial charge >= 0.3 is 6.09 Å². The van der Waals surface area contributed by atoms with Gasteiger partial charge in [-0.15, -0.1) is 0 Å². The monoisotopic (exact) mass is 364 g/mol. The number of nitrogens with zero attached hydrogens (tertiary/aromatic N) is 1. The molecule has 140 valence electrons. The van der Waals surface area contributed by atoms with Crippen LogP contribution in [-0.4, -0.2) is 43.3 Å². The average molecular weight is 364 g/mol. The van der Waals surface area contributed by atoms with E-state index in [1.165, 1.54) is 0 Å². The second-order valence-corrected chi connectivity index (χ2v) is 8.40. The molecule has 8 nitrogen and oxygen atoms in total. The fraction of sp³-hybridized carbons (Fsp3) is 0.867. The van der Waals surface area contributed by atoms with E-state index in [0.717, 1.165) is 0 Å². The van der Waals surface area contributed by atoms with Gasteiger partial charge in [-0.3, -0.25) is 4.57 Å². The summed E-state index contributed by atoms with van der Waals surface area (Å²) in [5.41, 5.74) is -0.726. The summed E-state index contributed by atoms with van der Waals surface area (Å²) in [7, 11) is -3.69. The molecule has 2 atom stereocenters. The first kappa shape index (κ1) is 22.9. The summed E-state index contributed by atoms with van der Waals surface area (Å²) in [4.78, 5) is 12.0. The highest BCUT2D eigenvalue weighted by atomic mass is 31.2. The molecule has 0 bridgehead atoms. The molecule has 0 aliphatic carbocycles. The van der Waals surface area contributed by atoms with Crippen LogP contribution in [0.3, 0.4) is 0 Å². The van der Waals surface area contributed by atoms with E-state index in [1.807, 2.05) is 6.07 Å². The molecule has 0 radical (unpaired) electrons. The van der Waals surface area contributed by atoms with Gasteiger partial charge in [0.25, 0.3) is 7.37 Å². The number of nitrogens with one attached hydrogen (secondary N) is 1. The zero-order valence-electron chi connectivity index (χ0n) is 15.3. The minimum atomic E-state index is -3.69. The lowest BCUT2D eigenvalue weighted by Crippen LogP contribution is -2.41. The fourth-order valence-electron chi connectivity index (χ4n) is 1.84. The zero-order chi connectivity index (χ0) is 18.8. The van der Waals surface area contributed by atoms with Crippen molar-refractivity contribution in [2.75, 3.05) is 19.8 Å². The molecule has 0 spiro atoms. The number of nitriles is 1. The lowest BCUT2D eigenvalue weighted by molar-refractivity contribution is -0.0899. The molecule has 24 heavy (non-hydrogen) atoms. The van der Waals surface area contributed by atoms with Gasteiger partial charge in [0.2, 0.25) is 6.03 Å². The summed E-state index contributed by atoms with van der Waals surface area (Å²) in [6, 6.07) is 0.740. The van der Waals surface area contributed by atoms with Crippen molar-refractivity contribution in [2.24, 2.45) is 0 Å². The van der Waals surface area contributed by atoms with Crippen LogP contribution >= 0.6 is 7.37 Å². The molecule has 0 rings (SSSR count). The molecule has 0 heterocycles. The van der Waals surface area contributed by atoms with Crippen LogP contribution in [0.15, 0.2) is 0 Å². The van der Waals surface area contributed by atoms with Crippen molar-refractivity contribution < 1.29 is 28.1 Å². The van der Waals surface area contributed by atoms with Crippen molar-refractivity contribution in [2.45, 2.75) is 65.4 Å². The number of amides is 1. The van der Waals surface area contributed by atoms with Crippen LogP contribution in [0.4, 0.5) is 4.79 Å². The number of hydrogen-bond donors (Lipinski definition) is 1. The molecule has 0 fully saturated rings. The number of carbonyl (C=O) groups is 1. The molecule has 0 saturated heterocycles. The smallest absolute Gasteiger partial charge is 0.408 e. The highest BCUT2D eigenvalue weighted by Gasteiger charge is 2.45. The zero-order valence-corrected chi connectivity index (χ0v) is 16.2. The molecular weight excluding hydrogens is 335 g/mol. The normalized spacial score (nSPS) is 15.4. The number of ether oxygens (including phenoxy) is 3. The second-order valence-electron chi connectivity index (χ2n) is 5.81. The standard InChI is InChI=1S/C15H29N2O6P/c1-7-20-14(21-8-2)24(19,22-9-3)12(10-11-16)17-13(18)23-15(4,5)6/h12,14H,7-10H2,1-6H3,(H,17,18)/t12-,24?/m0/s1. The van der Waals surface area contributed by atoms with Gasteiger partial charge in [0.15, 0.2) is 0 Å². The third kappa shape index (κ3) is 7.63. The molecular formula is C15H29N2O6P. The predicted molar refractivity (Wildman–Crippen MR) is 89.7 cm³/mol. The topological polar surface area (TPSA) is 107 Å². The van der Waals surface area contributed by atoms with Crippen LogP contribution in [-0.2, 0) is 23.3 Å². The summed E-state index contributed by atoms with van der Waals surface area (Å²) >= 11 is 0. The first-order valence-electron chi connectivity index (χ1n) is 7.98. The van der Waals surface area contributed by atoms with Crippen molar-refractivity contribution in [3.05, 3.63) is 0 Å². The lowest BCUT2D eigenvalue weighted by Gasteiger charge is -2.32.